The molecule has 2 aliphatic rings. The minimum absolute atomic E-state index is 0.0178. The highest BCUT2D eigenvalue weighted by Gasteiger charge is 2.40. The van der Waals surface area contributed by atoms with Crippen molar-refractivity contribution in [3.63, 3.8) is 0 Å². The van der Waals surface area contributed by atoms with Crippen LogP contribution in [-0.2, 0) is 54.4 Å². The number of hydrogen-bond acceptors (Lipinski definition) is 16. The summed E-state index contributed by atoms with van der Waals surface area (Å²) in [5.74, 6) is -9.52. The zero-order valence-electron chi connectivity index (χ0n) is 47.6. The number of guanidine groups is 2. The number of aliphatic carboxylic acids is 1. The maximum atomic E-state index is 14.3. The number of carbonyl (C=O) groups is 10. The van der Waals surface area contributed by atoms with Crippen LogP contribution in [0.5, 0.6) is 0 Å². The van der Waals surface area contributed by atoms with Gasteiger partial charge in [-0.1, -0.05) is 52.4 Å². The number of imidazole rings is 1. The average molecular weight is 1160 g/mol. The molecule has 1 aromatic rings. The molecular formula is C51H88N18O13. The number of H-pyrrole nitrogens is 1. The molecule has 0 aromatic carbocycles. The Morgan fingerprint density at radius 2 is 1.29 bits per heavy atom. The van der Waals surface area contributed by atoms with E-state index < -0.39 is 139 Å². The van der Waals surface area contributed by atoms with Gasteiger partial charge in [0.1, 0.15) is 42.8 Å². The van der Waals surface area contributed by atoms with Crippen molar-refractivity contribution in [3.05, 3.63) is 18.2 Å². The molecule has 9 amide bonds. The highest BCUT2D eigenvalue weighted by Crippen LogP contribution is 2.29. The Labute approximate surface area is 476 Å². The van der Waals surface area contributed by atoms with Gasteiger partial charge in [0.15, 0.2) is 11.9 Å². The molecule has 10 atom stereocenters. The molecule has 2 aliphatic carbocycles. The molecule has 0 bridgehead atoms. The normalized spacial score (nSPS) is 16.9. The van der Waals surface area contributed by atoms with E-state index in [9.17, 15) is 63.3 Å². The quantitative estimate of drug-likeness (QED) is 0.0170. The average Bonchev–Trinajstić information content (AvgIpc) is 4.14. The minimum Gasteiger partial charge on any atom is -0.480 e. The molecule has 0 aliphatic heterocycles. The van der Waals surface area contributed by atoms with E-state index >= 15 is 0 Å². The Morgan fingerprint density at radius 3 is 1.85 bits per heavy atom. The standard InChI is InChI=1S/C51H88N18O13/c1-6-27(2)40(49(82)69(25-39(74)75)33-15-16-33)65-37(72)24-68(19-11-18-59-51(55)56)38(73)23-60-47(80)41(29(4)70)67-48(81)42(30(5)71)66-46(79)36(21-32-22-57-26-61-32)64-45(78)35(20-31-12-8-7-9-13-31)63-43(76)28(3)62-44(77)34(52)14-10-17-58-50(53)54/h22,26-31,33-36,40-42,70-71H,6-21,23-25,52H2,1-5H3,(H,57,61)(H,60,80)(H,62,77)(H,63,76)(H,64,78)(H,65,72)(H,66,79)(H,67,81)(H,74,75)(H4,53,54,58)(H4,55,56,59)/t27?,28-,29+,30+,34-,35-,36-,40-,41-,42-/m0/s1. The third-order valence-electron chi connectivity index (χ3n) is 14.1. The summed E-state index contributed by atoms with van der Waals surface area (Å²) in [6.45, 7) is 5.42. The Morgan fingerprint density at radius 1 is 0.707 bits per heavy atom. The fraction of sp³-hybridized carbons (Fsp3) is 0.706. The van der Waals surface area contributed by atoms with Gasteiger partial charge in [-0.25, -0.2) is 4.98 Å². The predicted octanol–water partition coefficient (Wildman–Crippen LogP) is -5.28. The van der Waals surface area contributed by atoms with Gasteiger partial charge in [-0.3, -0.25) is 57.9 Å². The molecule has 31 heteroatoms. The fourth-order valence-electron chi connectivity index (χ4n) is 9.05. The van der Waals surface area contributed by atoms with Crippen LogP contribution in [-0.4, -0.2) is 206 Å². The summed E-state index contributed by atoms with van der Waals surface area (Å²) in [6.07, 6.45) is 6.09. The van der Waals surface area contributed by atoms with Gasteiger partial charge >= 0.3 is 5.97 Å². The highest BCUT2D eigenvalue weighted by atomic mass is 16.4. The van der Waals surface area contributed by atoms with Crippen LogP contribution < -0.4 is 65.9 Å². The first-order valence-electron chi connectivity index (χ1n) is 27.8. The zero-order chi connectivity index (χ0) is 61.2. The van der Waals surface area contributed by atoms with E-state index in [0.717, 1.165) is 50.9 Å². The molecule has 0 spiro atoms. The van der Waals surface area contributed by atoms with Crippen LogP contribution >= 0.6 is 0 Å². The van der Waals surface area contributed by atoms with E-state index in [2.05, 4.69) is 57.2 Å². The van der Waals surface area contributed by atoms with Gasteiger partial charge in [-0.15, -0.1) is 0 Å². The number of aliphatic hydroxyl groups is 2. The summed E-state index contributed by atoms with van der Waals surface area (Å²) in [6, 6.07) is -9.88. The van der Waals surface area contributed by atoms with E-state index in [0.29, 0.717) is 31.4 Å². The lowest BCUT2D eigenvalue weighted by atomic mass is 9.84. The number of aliphatic hydroxyl groups excluding tert-OH is 2. The van der Waals surface area contributed by atoms with Gasteiger partial charge in [0, 0.05) is 44.0 Å². The van der Waals surface area contributed by atoms with Gasteiger partial charge in [0.2, 0.25) is 53.2 Å². The Hall–Kier alpha value is -7.67. The van der Waals surface area contributed by atoms with E-state index in [4.69, 9.17) is 28.7 Å². The van der Waals surface area contributed by atoms with Gasteiger partial charge in [0.25, 0.3) is 0 Å². The minimum atomic E-state index is -1.82. The van der Waals surface area contributed by atoms with E-state index in [1.54, 1.807) is 13.8 Å². The van der Waals surface area contributed by atoms with Crippen molar-refractivity contribution in [2.24, 2.45) is 50.5 Å². The molecule has 31 nitrogen and oxygen atoms in total. The number of hydrogen-bond donors (Lipinski definition) is 16. The molecule has 2 saturated carbocycles. The van der Waals surface area contributed by atoms with Gasteiger partial charge in [0.05, 0.1) is 37.7 Å². The highest BCUT2D eigenvalue weighted by molar-refractivity contribution is 5.98. The van der Waals surface area contributed by atoms with Crippen LogP contribution in [0.15, 0.2) is 22.5 Å². The largest absolute Gasteiger partial charge is 0.480 e. The van der Waals surface area contributed by atoms with Crippen molar-refractivity contribution in [1.29, 1.82) is 0 Å². The van der Waals surface area contributed by atoms with Crippen LogP contribution in [0.25, 0.3) is 0 Å². The van der Waals surface area contributed by atoms with Gasteiger partial charge in [-0.2, -0.15) is 0 Å². The summed E-state index contributed by atoms with van der Waals surface area (Å²) in [4.78, 5) is 152. The van der Waals surface area contributed by atoms with Gasteiger partial charge in [-0.05, 0) is 71.1 Å². The van der Waals surface area contributed by atoms with Crippen molar-refractivity contribution in [2.45, 2.75) is 179 Å². The molecule has 0 radical (unpaired) electrons. The number of aromatic amines is 1. The molecule has 1 heterocycles. The van der Waals surface area contributed by atoms with Gasteiger partial charge < -0.3 is 96.0 Å². The lowest BCUT2D eigenvalue weighted by Gasteiger charge is -2.31. The van der Waals surface area contributed by atoms with Crippen molar-refractivity contribution in [3.8, 4) is 0 Å². The maximum absolute atomic E-state index is 14.3. The van der Waals surface area contributed by atoms with Crippen molar-refractivity contribution in [1.82, 2.24) is 57.0 Å². The van der Waals surface area contributed by atoms with E-state index in [1.807, 2.05) is 0 Å². The number of nitrogens with zero attached hydrogens (tertiary/aromatic N) is 5. The monoisotopic (exact) mass is 1160 g/mol. The number of nitrogens with one attached hydrogen (secondary N) is 8. The fourth-order valence-corrected chi connectivity index (χ4v) is 9.05. The Balaban J connectivity index is 1.78. The van der Waals surface area contributed by atoms with Crippen LogP contribution in [0.3, 0.4) is 0 Å². The Bertz CT molecular complexity index is 2350. The molecular weight excluding hydrogens is 1070 g/mol. The molecule has 3 rings (SSSR count). The number of nitrogens with two attached hydrogens (primary N) is 5. The maximum Gasteiger partial charge on any atom is 0.323 e. The summed E-state index contributed by atoms with van der Waals surface area (Å²) in [7, 11) is 0. The first-order chi connectivity index (χ1) is 38.7. The predicted molar refractivity (Wildman–Crippen MR) is 299 cm³/mol. The molecule has 1 aromatic heterocycles. The van der Waals surface area contributed by atoms with Crippen molar-refractivity contribution < 1.29 is 63.3 Å². The zero-order valence-corrected chi connectivity index (χ0v) is 47.6. The molecule has 21 N–H and O–H groups in total. The number of amides is 9. The SMILES string of the molecule is CCC(C)[C@H](NC(=O)CN(CCCN=C(N)N)C(=O)CNC(=O)[C@@H](NC(=O)[C@@H](NC(=O)[C@H](Cc1cnc[nH]1)NC(=O)[C@H](CC1CCCCC1)NC(=O)[C@H](C)NC(=O)[C@@H](N)CCCN=C(N)N)[C@@H](C)O)[C@@H](C)O)C(=O)N(CC(=O)O)C1CC1. The van der Waals surface area contributed by atoms with Crippen LogP contribution in [0.4, 0.5) is 0 Å². The molecule has 460 valence electrons. The second-order valence-electron chi connectivity index (χ2n) is 21.1. The summed E-state index contributed by atoms with van der Waals surface area (Å²) in [5, 5.41) is 48.8. The third kappa shape index (κ3) is 24.2. The number of aliphatic imine (C=N–C) groups is 2. The number of carboxylic acids is 1. The van der Waals surface area contributed by atoms with Crippen molar-refractivity contribution >= 4 is 71.1 Å². The summed E-state index contributed by atoms with van der Waals surface area (Å²) in [5.41, 5.74) is 28.0. The first-order valence-corrected chi connectivity index (χ1v) is 27.8. The topological polar surface area (TPSA) is 506 Å². The first kappa shape index (κ1) is 68.6. The number of carboxylic acid groups (broad SMARTS) is 1. The second kappa shape index (κ2) is 34.6. The molecule has 82 heavy (non-hydrogen) atoms. The second-order valence-corrected chi connectivity index (χ2v) is 21.1. The number of aromatic nitrogens is 2. The van der Waals surface area contributed by atoms with Crippen molar-refractivity contribution in [2.75, 3.05) is 39.3 Å². The smallest absolute Gasteiger partial charge is 0.323 e. The lowest BCUT2D eigenvalue weighted by molar-refractivity contribution is -0.147. The van der Waals surface area contributed by atoms with E-state index in [1.165, 1.54) is 24.3 Å². The molecule has 0 saturated heterocycles. The number of carbonyl (C=O) groups excluding carboxylic acids is 9. The van der Waals surface area contributed by atoms with E-state index in [-0.39, 0.29) is 69.2 Å². The Kier molecular flexibility index (Phi) is 28.9. The summed E-state index contributed by atoms with van der Waals surface area (Å²) < 4.78 is 0. The molecule has 2 fully saturated rings. The molecule has 1 unspecified atom stereocenters. The van der Waals surface area contributed by atoms with Crippen LogP contribution in [0.2, 0.25) is 0 Å². The van der Waals surface area contributed by atoms with Crippen LogP contribution in [0.1, 0.15) is 117 Å². The lowest BCUT2D eigenvalue weighted by Crippen LogP contribution is -2.62. The summed E-state index contributed by atoms with van der Waals surface area (Å²) >= 11 is 0. The third-order valence-corrected chi connectivity index (χ3v) is 14.1. The van der Waals surface area contributed by atoms with Crippen LogP contribution in [0, 0.1) is 11.8 Å². The number of rotatable bonds is 36.